The summed E-state index contributed by atoms with van der Waals surface area (Å²) in [6.45, 7) is 1.96. The van der Waals surface area contributed by atoms with Gasteiger partial charge in [-0.05, 0) is 18.4 Å². The van der Waals surface area contributed by atoms with Crippen molar-refractivity contribution < 1.29 is 0 Å². The molecule has 0 unspecified atom stereocenters. The highest BCUT2D eigenvalue weighted by Gasteiger charge is 2.13. The zero-order valence-electron chi connectivity index (χ0n) is 7.61. The van der Waals surface area contributed by atoms with E-state index in [1.54, 1.807) is 11.3 Å². The lowest BCUT2D eigenvalue weighted by molar-refractivity contribution is 0.901. The van der Waals surface area contributed by atoms with Gasteiger partial charge in [0.05, 0.1) is 11.7 Å². The van der Waals surface area contributed by atoms with Crippen LogP contribution in [0.25, 0.3) is 0 Å². The summed E-state index contributed by atoms with van der Waals surface area (Å²) >= 11 is 1.62. The Balaban J connectivity index is 2.11. The molecule has 0 fully saturated rings. The maximum atomic E-state index is 11.0. The lowest BCUT2D eigenvalue weighted by atomic mass is 10.2. The van der Waals surface area contributed by atoms with Crippen LogP contribution >= 0.6 is 11.3 Å². The summed E-state index contributed by atoms with van der Waals surface area (Å²) in [5, 5.41) is 4.98. The smallest absolute Gasteiger partial charge is 0.248 e. The maximum absolute atomic E-state index is 11.0. The average molecular weight is 207 g/mol. The Kier molecular flexibility index (Phi) is 2.21. The first-order chi connectivity index (χ1) is 6.68. The van der Waals surface area contributed by atoms with Gasteiger partial charge in [-0.3, -0.25) is 9.59 Å². The van der Waals surface area contributed by atoms with Crippen molar-refractivity contribution in [2.24, 2.45) is 0 Å². The normalized spacial score (nSPS) is 12.9. The molecule has 1 aromatic heterocycles. The quantitative estimate of drug-likeness (QED) is 0.776. The van der Waals surface area contributed by atoms with Gasteiger partial charge in [0.15, 0.2) is 0 Å². The van der Waals surface area contributed by atoms with Gasteiger partial charge in [-0.1, -0.05) is 6.07 Å². The first-order valence-corrected chi connectivity index (χ1v) is 5.17. The fourth-order valence-electron chi connectivity index (χ4n) is 1.27. The lowest BCUT2D eigenvalue weighted by Crippen LogP contribution is -2.33. The number of hydrogen-bond donors (Lipinski definition) is 1. The Morgan fingerprint density at radius 2 is 2.21 bits per heavy atom. The third kappa shape index (κ3) is 1.48. The van der Waals surface area contributed by atoms with E-state index in [2.05, 4.69) is 5.32 Å². The zero-order chi connectivity index (χ0) is 10.1. The fourth-order valence-corrected chi connectivity index (χ4v) is 2.00. The molecule has 0 aliphatic carbocycles. The molecule has 2 aromatic rings. The molecule has 0 saturated heterocycles. The molecule has 1 N–H and O–H groups in total. The summed E-state index contributed by atoms with van der Waals surface area (Å²) in [6, 6.07) is 5.37. The van der Waals surface area contributed by atoms with Crippen molar-refractivity contribution in [1.82, 2.24) is 0 Å². The van der Waals surface area contributed by atoms with Crippen LogP contribution in [0.1, 0.15) is 17.8 Å². The van der Waals surface area contributed by atoms with E-state index in [4.69, 9.17) is 0 Å². The number of hydrogen-bond acceptors (Lipinski definition) is 4. The highest BCUT2D eigenvalue weighted by Crippen LogP contribution is 2.21. The highest BCUT2D eigenvalue weighted by atomic mass is 32.1. The van der Waals surface area contributed by atoms with Crippen LogP contribution < -0.4 is 16.2 Å². The molecule has 1 atom stereocenters. The Bertz CT molecular complexity index is 494. The van der Waals surface area contributed by atoms with Gasteiger partial charge in [0.25, 0.3) is 0 Å². The van der Waals surface area contributed by atoms with E-state index in [-0.39, 0.29) is 6.04 Å². The topological polar surface area (TPSA) is 46.2 Å². The number of rotatable bonds is 3. The molecule has 14 heavy (non-hydrogen) atoms. The summed E-state index contributed by atoms with van der Waals surface area (Å²) in [6.07, 6.45) is 0. The van der Waals surface area contributed by atoms with E-state index in [1.807, 2.05) is 24.4 Å². The second-order valence-electron chi connectivity index (χ2n) is 3.13. The molecule has 0 aliphatic heterocycles. The van der Waals surface area contributed by atoms with Crippen molar-refractivity contribution in [3.63, 3.8) is 0 Å². The largest absolute Gasteiger partial charge is 0.374 e. The average Bonchev–Trinajstić information content (AvgIpc) is 2.69. The monoisotopic (exact) mass is 207 g/mol. The molecule has 0 saturated carbocycles. The van der Waals surface area contributed by atoms with Crippen molar-refractivity contribution in [1.29, 1.82) is 0 Å². The van der Waals surface area contributed by atoms with Gasteiger partial charge in [-0.25, -0.2) is 0 Å². The molecular weight excluding hydrogens is 198 g/mol. The molecule has 3 nitrogen and oxygen atoms in total. The van der Waals surface area contributed by atoms with Crippen LogP contribution in [0.5, 0.6) is 0 Å². The van der Waals surface area contributed by atoms with Gasteiger partial charge in [0.1, 0.15) is 0 Å². The number of anilines is 1. The van der Waals surface area contributed by atoms with Crippen LogP contribution in [0.4, 0.5) is 5.69 Å². The number of nitrogens with one attached hydrogen (secondary N) is 1. The second kappa shape index (κ2) is 3.38. The zero-order valence-corrected chi connectivity index (χ0v) is 8.43. The summed E-state index contributed by atoms with van der Waals surface area (Å²) in [4.78, 5) is 22.8. The maximum Gasteiger partial charge on any atom is 0.248 e. The Hall–Kier alpha value is -1.42. The molecule has 0 amide bonds. The molecule has 4 heteroatoms. The van der Waals surface area contributed by atoms with Crippen molar-refractivity contribution in [2.45, 2.75) is 13.0 Å². The number of thiophene rings is 1. The van der Waals surface area contributed by atoms with Gasteiger partial charge in [0, 0.05) is 10.9 Å². The molecule has 0 aliphatic rings. The molecule has 0 radical (unpaired) electrons. The van der Waals surface area contributed by atoms with E-state index in [0.29, 0.717) is 5.69 Å². The van der Waals surface area contributed by atoms with Gasteiger partial charge in [-0.2, -0.15) is 0 Å². The third-order valence-corrected chi connectivity index (χ3v) is 3.14. The molecule has 0 bridgehead atoms. The van der Waals surface area contributed by atoms with Crippen molar-refractivity contribution >= 4 is 17.0 Å². The molecule has 1 aromatic carbocycles. The molecule has 0 spiro atoms. The molecule has 1 heterocycles. The first kappa shape index (κ1) is 9.15. The Morgan fingerprint density at radius 1 is 1.43 bits per heavy atom. The summed E-state index contributed by atoms with van der Waals surface area (Å²) < 4.78 is 0. The summed E-state index contributed by atoms with van der Waals surface area (Å²) in [5.74, 6) is 0. The van der Waals surface area contributed by atoms with E-state index >= 15 is 0 Å². The van der Waals surface area contributed by atoms with Gasteiger partial charge in [-0.15, -0.1) is 11.3 Å². The lowest BCUT2D eigenvalue weighted by Gasteiger charge is -2.13. The van der Waals surface area contributed by atoms with E-state index in [1.165, 1.54) is 6.07 Å². The molecular formula is C10H9NO2S. The van der Waals surface area contributed by atoms with Gasteiger partial charge in [0.2, 0.25) is 10.9 Å². The van der Waals surface area contributed by atoms with Crippen LogP contribution in [0.15, 0.2) is 33.2 Å². The standard InChI is InChI=1S/C10H9NO2S/c1-6(9-3-2-4-14-9)11-7-5-8(12)10(7)13/h2-6,11H,1H3/t6-/m1/s1. The highest BCUT2D eigenvalue weighted by molar-refractivity contribution is 7.10. The minimum absolute atomic E-state index is 0.0818. The Labute approximate surface area is 84.7 Å². The third-order valence-electron chi connectivity index (χ3n) is 2.09. The Morgan fingerprint density at radius 3 is 2.71 bits per heavy atom. The first-order valence-electron chi connectivity index (χ1n) is 4.29. The predicted octanol–water partition coefficient (Wildman–Crippen LogP) is 1.52. The van der Waals surface area contributed by atoms with Crippen LogP contribution in [0.2, 0.25) is 0 Å². The summed E-state index contributed by atoms with van der Waals surface area (Å²) in [7, 11) is 0. The van der Waals surface area contributed by atoms with Crippen LogP contribution in [-0.4, -0.2) is 0 Å². The van der Waals surface area contributed by atoms with Gasteiger partial charge >= 0.3 is 0 Å². The van der Waals surface area contributed by atoms with Crippen molar-refractivity contribution in [3.8, 4) is 0 Å². The van der Waals surface area contributed by atoms with E-state index in [9.17, 15) is 9.59 Å². The fraction of sp³-hybridized carbons (Fsp3) is 0.200. The van der Waals surface area contributed by atoms with Crippen LogP contribution in [0, 0.1) is 0 Å². The van der Waals surface area contributed by atoms with Crippen LogP contribution in [-0.2, 0) is 0 Å². The van der Waals surface area contributed by atoms with Crippen molar-refractivity contribution in [2.75, 3.05) is 5.32 Å². The predicted molar refractivity (Wildman–Crippen MR) is 57.7 cm³/mol. The minimum Gasteiger partial charge on any atom is -0.374 e. The minimum atomic E-state index is -0.411. The van der Waals surface area contributed by atoms with Crippen LogP contribution in [0.3, 0.4) is 0 Å². The molecule has 72 valence electrons. The summed E-state index contributed by atoms with van der Waals surface area (Å²) in [5.41, 5.74) is -0.393. The van der Waals surface area contributed by atoms with Crippen molar-refractivity contribution in [3.05, 3.63) is 48.9 Å². The van der Waals surface area contributed by atoms with E-state index < -0.39 is 10.9 Å². The molecule has 2 rings (SSSR count). The van der Waals surface area contributed by atoms with E-state index in [0.717, 1.165) is 4.88 Å². The second-order valence-corrected chi connectivity index (χ2v) is 4.11. The SMILES string of the molecule is C[C@@H](Nc1cc(=O)c1=O)c1cccs1. The van der Waals surface area contributed by atoms with Gasteiger partial charge < -0.3 is 5.32 Å².